The summed E-state index contributed by atoms with van der Waals surface area (Å²) in [6.07, 6.45) is -0.0691. The lowest BCUT2D eigenvalue weighted by molar-refractivity contribution is -0.385. The minimum Gasteiger partial charge on any atom is -0.493 e. The number of hydrogen-bond acceptors (Lipinski definition) is 7. The first-order valence-corrected chi connectivity index (χ1v) is 10.2. The predicted octanol–water partition coefficient (Wildman–Crippen LogP) is 4.01. The van der Waals surface area contributed by atoms with Crippen molar-refractivity contribution in [2.24, 2.45) is 0 Å². The van der Waals surface area contributed by atoms with Crippen LogP contribution in [0.5, 0.6) is 11.5 Å². The molecule has 172 valence electrons. The molecule has 0 aromatic heterocycles. The summed E-state index contributed by atoms with van der Waals surface area (Å²) >= 11 is 0. The molecule has 1 fully saturated rings. The molecule has 9 nitrogen and oxygen atoms in total. The van der Waals surface area contributed by atoms with E-state index in [9.17, 15) is 19.3 Å². The van der Waals surface area contributed by atoms with E-state index < -0.39 is 22.3 Å². The van der Waals surface area contributed by atoms with E-state index in [1.54, 1.807) is 19.1 Å². The van der Waals surface area contributed by atoms with Crippen LogP contribution in [0.3, 0.4) is 0 Å². The standard InChI is InChI=1S/C22H26FN3O6/c1-5-31-21-9-16(19(26(28)29)10-20(21)30-4)22(27)24-15-6-7-18(17(23)8-15)25-11-13(2)32-14(3)12-25/h6-10,13-14H,5,11-12H2,1-4H3,(H,24,27). The number of rotatable bonds is 7. The predicted molar refractivity (Wildman–Crippen MR) is 117 cm³/mol. The molecular formula is C22H26FN3O6. The van der Waals surface area contributed by atoms with Gasteiger partial charge in [-0.2, -0.15) is 0 Å². The maximum Gasteiger partial charge on any atom is 0.286 e. The number of ether oxygens (including phenoxy) is 3. The van der Waals surface area contributed by atoms with Gasteiger partial charge in [-0.15, -0.1) is 0 Å². The molecule has 2 unspecified atom stereocenters. The summed E-state index contributed by atoms with van der Waals surface area (Å²) in [4.78, 5) is 25.5. The lowest BCUT2D eigenvalue weighted by Gasteiger charge is -2.37. The van der Waals surface area contributed by atoms with E-state index in [1.807, 2.05) is 18.7 Å². The highest BCUT2D eigenvalue weighted by atomic mass is 19.1. The highest BCUT2D eigenvalue weighted by molar-refractivity contribution is 6.07. The van der Waals surface area contributed by atoms with Gasteiger partial charge in [-0.05, 0) is 39.0 Å². The van der Waals surface area contributed by atoms with Crippen LogP contribution in [0.1, 0.15) is 31.1 Å². The van der Waals surface area contributed by atoms with Gasteiger partial charge in [0.05, 0.1) is 42.6 Å². The van der Waals surface area contributed by atoms with Crippen molar-refractivity contribution >= 4 is 23.0 Å². The van der Waals surface area contributed by atoms with Crippen LogP contribution in [0.2, 0.25) is 0 Å². The number of methoxy groups -OCH3 is 1. The number of nitro groups is 1. The smallest absolute Gasteiger partial charge is 0.286 e. The summed E-state index contributed by atoms with van der Waals surface area (Å²) in [7, 11) is 1.35. The van der Waals surface area contributed by atoms with Gasteiger partial charge in [-0.25, -0.2) is 4.39 Å². The van der Waals surface area contributed by atoms with Crippen LogP contribution < -0.4 is 19.7 Å². The summed E-state index contributed by atoms with van der Waals surface area (Å²) in [6, 6.07) is 6.70. The molecule has 1 amide bonds. The van der Waals surface area contributed by atoms with E-state index >= 15 is 0 Å². The molecule has 1 N–H and O–H groups in total. The number of halogens is 1. The van der Waals surface area contributed by atoms with E-state index in [-0.39, 0.29) is 41.6 Å². The first-order valence-electron chi connectivity index (χ1n) is 10.2. The van der Waals surface area contributed by atoms with Gasteiger partial charge < -0.3 is 24.4 Å². The molecule has 1 aliphatic heterocycles. The molecule has 2 atom stereocenters. The monoisotopic (exact) mass is 447 g/mol. The van der Waals surface area contributed by atoms with E-state index in [0.29, 0.717) is 18.8 Å². The largest absolute Gasteiger partial charge is 0.493 e. The summed E-state index contributed by atoms with van der Waals surface area (Å²) in [5.41, 5.74) is -0.0940. The van der Waals surface area contributed by atoms with Gasteiger partial charge in [0, 0.05) is 24.8 Å². The molecule has 32 heavy (non-hydrogen) atoms. The van der Waals surface area contributed by atoms with Gasteiger partial charge in [0.1, 0.15) is 11.4 Å². The average molecular weight is 447 g/mol. The summed E-state index contributed by atoms with van der Waals surface area (Å²) in [5.74, 6) is -0.938. The van der Waals surface area contributed by atoms with Gasteiger partial charge in [-0.3, -0.25) is 14.9 Å². The third-order valence-electron chi connectivity index (χ3n) is 4.99. The van der Waals surface area contributed by atoms with Crippen LogP contribution in [0.15, 0.2) is 30.3 Å². The molecule has 0 saturated carbocycles. The molecule has 0 bridgehead atoms. The van der Waals surface area contributed by atoms with Crippen molar-refractivity contribution in [2.75, 3.05) is 37.0 Å². The quantitative estimate of drug-likeness (QED) is 0.505. The lowest BCUT2D eigenvalue weighted by Crippen LogP contribution is -2.45. The van der Waals surface area contributed by atoms with Crippen LogP contribution in [-0.4, -0.2) is 49.8 Å². The fourth-order valence-corrected chi connectivity index (χ4v) is 3.72. The average Bonchev–Trinajstić information content (AvgIpc) is 2.72. The van der Waals surface area contributed by atoms with Gasteiger partial charge in [0.15, 0.2) is 11.5 Å². The van der Waals surface area contributed by atoms with Crippen molar-refractivity contribution < 1.29 is 28.3 Å². The highest BCUT2D eigenvalue weighted by Gasteiger charge is 2.26. The maximum absolute atomic E-state index is 14.8. The minimum atomic E-state index is -0.763. The normalized spacial score (nSPS) is 18.2. The van der Waals surface area contributed by atoms with Crippen molar-refractivity contribution in [3.8, 4) is 11.5 Å². The van der Waals surface area contributed by atoms with Gasteiger partial charge in [0.25, 0.3) is 11.6 Å². The molecule has 1 heterocycles. The minimum absolute atomic E-state index is 0.0346. The first-order chi connectivity index (χ1) is 15.2. The van der Waals surface area contributed by atoms with Crippen molar-refractivity contribution in [2.45, 2.75) is 33.0 Å². The van der Waals surface area contributed by atoms with Crippen molar-refractivity contribution in [3.63, 3.8) is 0 Å². The Balaban J connectivity index is 1.86. The van der Waals surface area contributed by atoms with Crippen LogP contribution in [0, 0.1) is 15.9 Å². The lowest BCUT2D eigenvalue weighted by atomic mass is 10.1. The Bertz CT molecular complexity index is 1010. The zero-order valence-electron chi connectivity index (χ0n) is 18.4. The number of benzene rings is 2. The van der Waals surface area contributed by atoms with Crippen LogP contribution in [0.25, 0.3) is 0 Å². The molecule has 1 aliphatic rings. The molecular weight excluding hydrogens is 421 g/mol. The molecule has 0 radical (unpaired) electrons. The van der Waals surface area contributed by atoms with Gasteiger partial charge in [0.2, 0.25) is 0 Å². The van der Waals surface area contributed by atoms with Gasteiger partial charge >= 0.3 is 0 Å². The van der Waals surface area contributed by atoms with Crippen LogP contribution in [-0.2, 0) is 4.74 Å². The summed E-state index contributed by atoms with van der Waals surface area (Å²) < 4.78 is 31.1. The second-order valence-corrected chi connectivity index (χ2v) is 7.49. The Morgan fingerprint density at radius 3 is 2.50 bits per heavy atom. The fraction of sp³-hybridized carbons (Fsp3) is 0.409. The molecule has 2 aromatic carbocycles. The third-order valence-corrected chi connectivity index (χ3v) is 4.99. The Morgan fingerprint density at radius 1 is 1.25 bits per heavy atom. The van der Waals surface area contributed by atoms with E-state index in [4.69, 9.17) is 14.2 Å². The van der Waals surface area contributed by atoms with Crippen LogP contribution in [0.4, 0.5) is 21.5 Å². The van der Waals surface area contributed by atoms with E-state index in [0.717, 1.165) is 6.07 Å². The molecule has 0 spiro atoms. The Morgan fingerprint density at radius 2 is 1.94 bits per heavy atom. The number of carbonyl (C=O) groups is 1. The third kappa shape index (κ3) is 5.08. The number of nitrogens with one attached hydrogen (secondary N) is 1. The fourth-order valence-electron chi connectivity index (χ4n) is 3.72. The number of carbonyl (C=O) groups excluding carboxylic acids is 1. The van der Waals surface area contributed by atoms with E-state index in [1.165, 1.54) is 19.2 Å². The second-order valence-electron chi connectivity index (χ2n) is 7.49. The van der Waals surface area contributed by atoms with Crippen molar-refractivity contribution in [1.82, 2.24) is 0 Å². The number of anilines is 2. The number of amides is 1. The molecule has 0 aliphatic carbocycles. The molecule has 1 saturated heterocycles. The Hall–Kier alpha value is -3.40. The summed E-state index contributed by atoms with van der Waals surface area (Å²) in [6.45, 7) is 6.96. The first kappa shape index (κ1) is 23.3. The molecule has 2 aromatic rings. The van der Waals surface area contributed by atoms with Crippen molar-refractivity contribution in [1.29, 1.82) is 0 Å². The van der Waals surface area contributed by atoms with Crippen molar-refractivity contribution in [3.05, 3.63) is 51.8 Å². The molecule has 10 heteroatoms. The number of morpholine rings is 1. The van der Waals surface area contributed by atoms with Gasteiger partial charge in [-0.1, -0.05) is 0 Å². The zero-order chi connectivity index (χ0) is 23.4. The highest BCUT2D eigenvalue weighted by Crippen LogP contribution is 2.35. The number of nitrogens with zero attached hydrogens (tertiary/aromatic N) is 2. The Kier molecular flexibility index (Phi) is 7.14. The summed E-state index contributed by atoms with van der Waals surface area (Å²) in [5, 5.41) is 14.0. The van der Waals surface area contributed by atoms with E-state index in [2.05, 4.69) is 5.32 Å². The van der Waals surface area contributed by atoms with Crippen LogP contribution >= 0.6 is 0 Å². The Labute approximate surface area is 185 Å². The number of hydrogen-bond donors (Lipinski definition) is 1. The second kappa shape index (κ2) is 9.82. The topological polar surface area (TPSA) is 103 Å². The number of nitro benzene ring substituents is 1. The molecule has 3 rings (SSSR count). The SMILES string of the molecule is CCOc1cc(C(=O)Nc2ccc(N3CC(C)OC(C)C3)c(F)c2)c([N+](=O)[O-])cc1OC. The maximum atomic E-state index is 14.8. The zero-order valence-corrected chi connectivity index (χ0v) is 18.4.